The Balaban J connectivity index is 0.00000324. The second-order valence-corrected chi connectivity index (χ2v) is 10.2. The topological polar surface area (TPSA) is 42.0 Å². The van der Waals surface area contributed by atoms with Crippen molar-refractivity contribution in [2.45, 2.75) is 38.5 Å². The number of carbonyl (C=O) groups excluding carboxylic acids is 1. The molecule has 186 valence electrons. The molecule has 2 heterocycles. The SMILES string of the molecule is COc1cc2c(cc1OC)CC(=O)N(CC1CCCN(CCCc3ccc(Br)cc3)C1)CC2.Cl. The lowest BCUT2D eigenvalue weighted by Gasteiger charge is -2.35. The van der Waals surface area contributed by atoms with Crippen LogP contribution in [0, 0.1) is 5.92 Å². The van der Waals surface area contributed by atoms with Crippen LogP contribution in [0.4, 0.5) is 0 Å². The van der Waals surface area contributed by atoms with Gasteiger partial charge in [-0.1, -0.05) is 28.1 Å². The summed E-state index contributed by atoms with van der Waals surface area (Å²) in [6.45, 7) is 5.05. The molecule has 34 heavy (non-hydrogen) atoms. The Hall–Kier alpha value is -1.76. The molecule has 1 unspecified atom stereocenters. The van der Waals surface area contributed by atoms with Gasteiger partial charge >= 0.3 is 0 Å². The van der Waals surface area contributed by atoms with Gasteiger partial charge in [-0.25, -0.2) is 0 Å². The largest absolute Gasteiger partial charge is 0.493 e. The summed E-state index contributed by atoms with van der Waals surface area (Å²) in [5, 5.41) is 0. The lowest BCUT2D eigenvalue weighted by molar-refractivity contribution is -0.131. The first-order valence-corrected chi connectivity index (χ1v) is 12.8. The highest BCUT2D eigenvalue weighted by Crippen LogP contribution is 2.32. The van der Waals surface area contributed by atoms with Crippen molar-refractivity contribution in [3.63, 3.8) is 0 Å². The average molecular weight is 552 g/mol. The zero-order valence-electron chi connectivity index (χ0n) is 20.2. The number of methoxy groups -OCH3 is 2. The van der Waals surface area contributed by atoms with Crippen LogP contribution in [0.25, 0.3) is 0 Å². The summed E-state index contributed by atoms with van der Waals surface area (Å²) < 4.78 is 12.0. The van der Waals surface area contributed by atoms with Gasteiger partial charge in [-0.15, -0.1) is 12.4 Å². The second-order valence-electron chi connectivity index (χ2n) is 9.28. The fourth-order valence-electron chi connectivity index (χ4n) is 5.18. The van der Waals surface area contributed by atoms with Gasteiger partial charge in [-0.3, -0.25) is 4.79 Å². The Labute approximate surface area is 218 Å². The van der Waals surface area contributed by atoms with Gasteiger partial charge < -0.3 is 19.3 Å². The predicted octanol–water partition coefficient (Wildman–Crippen LogP) is 5.16. The van der Waals surface area contributed by atoms with Crippen molar-refractivity contribution in [1.82, 2.24) is 9.80 Å². The van der Waals surface area contributed by atoms with Crippen molar-refractivity contribution in [1.29, 1.82) is 0 Å². The number of hydrogen-bond acceptors (Lipinski definition) is 4. The Bertz CT molecular complexity index is 954. The lowest BCUT2D eigenvalue weighted by atomic mass is 9.96. The van der Waals surface area contributed by atoms with Crippen LogP contribution in [0.1, 0.15) is 36.0 Å². The number of rotatable bonds is 8. The third-order valence-electron chi connectivity index (χ3n) is 6.99. The molecule has 2 aliphatic heterocycles. The number of aryl methyl sites for hydroxylation is 1. The van der Waals surface area contributed by atoms with Gasteiger partial charge in [0.25, 0.3) is 0 Å². The van der Waals surface area contributed by atoms with Crippen LogP contribution in [0.5, 0.6) is 11.5 Å². The van der Waals surface area contributed by atoms with Crippen LogP contribution in [0.3, 0.4) is 0 Å². The molecule has 1 amide bonds. The van der Waals surface area contributed by atoms with Gasteiger partial charge in [-0.05, 0) is 92.1 Å². The number of ether oxygens (including phenoxy) is 2. The Morgan fingerprint density at radius 2 is 1.74 bits per heavy atom. The number of carbonyl (C=O) groups is 1. The minimum absolute atomic E-state index is 0. The maximum absolute atomic E-state index is 13.1. The molecule has 0 aliphatic carbocycles. The van der Waals surface area contributed by atoms with E-state index in [1.165, 1.54) is 36.9 Å². The highest BCUT2D eigenvalue weighted by molar-refractivity contribution is 9.10. The molecule has 1 atom stereocenters. The molecule has 2 aromatic rings. The summed E-state index contributed by atoms with van der Waals surface area (Å²) in [7, 11) is 3.30. The van der Waals surface area contributed by atoms with Crippen molar-refractivity contribution in [3.8, 4) is 11.5 Å². The van der Waals surface area contributed by atoms with E-state index >= 15 is 0 Å². The van der Waals surface area contributed by atoms with Gasteiger partial charge in [0.2, 0.25) is 5.91 Å². The van der Waals surface area contributed by atoms with Crippen LogP contribution in [0.2, 0.25) is 0 Å². The average Bonchev–Trinajstić information content (AvgIpc) is 2.97. The van der Waals surface area contributed by atoms with E-state index < -0.39 is 0 Å². The van der Waals surface area contributed by atoms with Crippen LogP contribution in [-0.2, 0) is 24.1 Å². The molecule has 0 bridgehead atoms. The van der Waals surface area contributed by atoms with Crippen LogP contribution < -0.4 is 9.47 Å². The number of hydrogen-bond donors (Lipinski definition) is 0. The summed E-state index contributed by atoms with van der Waals surface area (Å²) >= 11 is 3.51. The van der Waals surface area contributed by atoms with E-state index in [4.69, 9.17) is 9.47 Å². The Kier molecular flexibility index (Phi) is 10.1. The Morgan fingerprint density at radius 1 is 1.03 bits per heavy atom. The van der Waals surface area contributed by atoms with Gasteiger partial charge in [0, 0.05) is 24.1 Å². The smallest absolute Gasteiger partial charge is 0.227 e. The van der Waals surface area contributed by atoms with E-state index in [1.807, 2.05) is 12.1 Å². The molecule has 0 spiro atoms. The summed E-state index contributed by atoms with van der Waals surface area (Å²) in [5.41, 5.74) is 3.66. The molecule has 1 saturated heterocycles. The lowest BCUT2D eigenvalue weighted by Crippen LogP contribution is -2.43. The number of nitrogens with zero attached hydrogens (tertiary/aromatic N) is 2. The first kappa shape index (κ1) is 26.8. The zero-order chi connectivity index (χ0) is 23.2. The summed E-state index contributed by atoms with van der Waals surface area (Å²) in [6, 6.07) is 12.7. The third kappa shape index (κ3) is 6.89. The summed E-state index contributed by atoms with van der Waals surface area (Å²) in [6.07, 6.45) is 6.03. The molecule has 1 fully saturated rings. The zero-order valence-corrected chi connectivity index (χ0v) is 22.6. The molecule has 0 N–H and O–H groups in total. The molecule has 0 aromatic heterocycles. The first-order chi connectivity index (χ1) is 16.1. The molecule has 7 heteroatoms. The molecule has 0 radical (unpaired) electrons. The molecular formula is C27H36BrClN2O3. The van der Waals surface area contributed by atoms with E-state index in [0.717, 1.165) is 54.8 Å². The van der Waals surface area contributed by atoms with E-state index in [9.17, 15) is 4.79 Å². The number of benzene rings is 2. The van der Waals surface area contributed by atoms with Crippen molar-refractivity contribution in [2.24, 2.45) is 5.92 Å². The van der Waals surface area contributed by atoms with E-state index in [2.05, 4.69) is 50.0 Å². The highest BCUT2D eigenvalue weighted by atomic mass is 79.9. The van der Waals surface area contributed by atoms with Crippen molar-refractivity contribution in [3.05, 3.63) is 57.6 Å². The number of likely N-dealkylation sites (tertiary alicyclic amines) is 1. The van der Waals surface area contributed by atoms with E-state index in [-0.39, 0.29) is 18.3 Å². The maximum Gasteiger partial charge on any atom is 0.227 e. The fraction of sp³-hybridized carbons (Fsp3) is 0.519. The predicted molar refractivity (Wildman–Crippen MR) is 142 cm³/mol. The fourth-order valence-corrected chi connectivity index (χ4v) is 5.45. The monoisotopic (exact) mass is 550 g/mol. The number of piperidine rings is 1. The maximum atomic E-state index is 13.1. The molecule has 5 nitrogen and oxygen atoms in total. The number of fused-ring (bicyclic) bond motifs is 1. The second kappa shape index (κ2) is 12.8. The standard InChI is InChI=1S/C27H35BrN2O3.ClH/c1-32-25-15-22-11-14-30(27(31)17-23(22)16-26(25)33-2)19-21-6-4-13-29(18-21)12-3-5-20-7-9-24(28)10-8-20;/h7-10,15-16,21H,3-6,11-14,17-19H2,1-2H3;1H. The molecule has 2 aromatic carbocycles. The third-order valence-corrected chi connectivity index (χ3v) is 7.51. The quantitative estimate of drug-likeness (QED) is 0.455. The van der Waals surface area contributed by atoms with Crippen molar-refractivity contribution in [2.75, 3.05) is 46.9 Å². The van der Waals surface area contributed by atoms with Crippen molar-refractivity contribution >= 4 is 34.2 Å². The molecular weight excluding hydrogens is 516 g/mol. The highest BCUT2D eigenvalue weighted by Gasteiger charge is 2.27. The van der Waals surface area contributed by atoms with Crippen LogP contribution in [-0.4, -0.2) is 62.7 Å². The molecule has 0 saturated carbocycles. The van der Waals surface area contributed by atoms with Crippen molar-refractivity contribution < 1.29 is 14.3 Å². The summed E-state index contributed by atoms with van der Waals surface area (Å²) in [5.74, 6) is 2.22. The minimum Gasteiger partial charge on any atom is -0.493 e. The van der Waals surface area contributed by atoms with E-state index in [1.54, 1.807) is 14.2 Å². The number of halogens is 2. The van der Waals surface area contributed by atoms with E-state index in [0.29, 0.717) is 18.1 Å². The first-order valence-electron chi connectivity index (χ1n) is 12.0. The molecule has 2 aliphatic rings. The van der Waals surface area contributed by atoms with Gasteiger partial charge in [0.15, 0.2) is 11.5 Å². The van der Waals surface area contributed by atoms with Gasteiger partial charge in [0.05, 0.1) is 20.6 Å². The normalized spacial score (nSPS) is 18.6. The van der Waals surface area contributed by atoms with Crippen LogP contribution >= 0.6 is 28.3 Å². The minimum atomic E-state index is 0. The summed E-state index contributed by atoms with van der Waals surface area (Å²) in [4.78, 5) is 17.8. The Morgan fingerprint density at radius 3 is 2.44 bits per heavy atom. The molecule has 4 rings (SSSR count). The van der Waals surface area contributed by atoms with Crippen LogP contribution in [0.15, 0.2) is 40.9 Å². The van der Waals surface area contributed by atoms with Gasteiger partial charge in [0.1, 0.15) is 0 Å². The van der Waals surface area contributed by atoms with Gasteiger partial charge in [-0.2, -0.15) is 0 Å². The number of amides is 1.